The number of hydrogen-bond acceptors (Lipinski definition) is 4. The minimum absolute atomic E-state index is 0.00352. The van der Waals surface area contributed by atoms with E-state index in [4.69, 9.17) is 0 Å². The van der Waals surface area contributed by atoms with Crippen molar-refractivity contribution < 1.29 is 4.79 Å². The summed E-state index contributed by atoms with van der Waals surface area (Å²) in [5.41, 5.74) is 1.42. The fourth-order valence-electron chi connectivity index (χ4n) is 0.944. The number of rotatable bonds is 0. The Labute approximate surface area is 63.0 Å². The fraction of sp³-hybridized carbons (Fsp3) is 0.143. The van der Waals surface area contributed by atoms with Crippen molar-refractivity contribution in [2.24, 2.45) is 4.99 Å². The molecule has 0 fully saturated rings. The number of nitrogens with zero attached hydrogens (tertiary/aromatic N) is 3. The molecule has 0 aromatic carbocycles. The molecule has 1 aliphatic heterocycles. The van der Waals surface area contributed by atoms with Crippen LogP contribution in [0.5, 0.6) is 0 Å². The Morgan fingerprint density at radius 3 is 3.27 bits per heavy atom. The highest BCUT2D eigenvalue weighted by atomic mass is 16.1. The number of Topliss-reactive ketones (excluding diaryl/α,β-unsaturated/α-hetero) is 1. The maximum Gasteiger partial charge on any atom is 0.179 e. The maximum atomic E-state index is 10.8. The number of carbonyl (C=O) groups is 1. The van der Waals surface area contributed by atoms with Gasteiger partial charge in [0.15, 0.2) is 5.78 Å². The van der Waals surface area contributed by atoms with Gasteiger partial charge in [0.2, 0.25) is 0 Å². The summed E-state index contributed by atoms with van der Waals surface area (Å²) >= 11 is 0. The zero-order valence-electron chi connectivity index (χ0n) is 5.69. The number of aromatic nitrogens is 2. The summed E-state index contributed by atoms with van der Waals surface area (Å²) in [6, 6.07) is 0. The van der Waals surface area contributed by atoms with E-state index < -0.39 is 0 Å². The summed E-state index contributed by atoms with van der Waals surface area (Å²) in [5.74, 6) is -0.00352. The van der Waals surface area contributed by atoms with Crippen LogP contribution in [0.15, 0.2) is 17.5 Å². The Morgan fingerprint density at radius 2 is 2.36 bits per heavy atom. The van der Waals surface area contributed by atoms with Gasteiger partial charge in [-0.05, 0) is 0 Å². The van der Waals surface area contributed by atoms with Crippen LogP contribution in [-0.4, -0.2) is 22.0 Å². The van der Waals surface area contributed by atoms with Gasteiger partial charge in [0.1, 0.15) is 12.0 Å². The van der Waals surface area contributed by atoms with Gasteiger partial charge in [-0.3, -0.25) is 4.79 Å². The molecule has 0 amide bonds. The van der Waals surface area contributed by atoms with Gasteiger partial charge in [-0.1, -0.05) is 0 Å². The minimum atomic E-state index is -0.00352. The lowest BCUT2D eigenvalue weighted by Gasteiger charge is -2.04. The first-order valence-corrected chi connectivity index (χ1v) is 3.22. The third kappa shape index (κ3) is 1.02. The van der Waals surface area contributed by atoms with E-state index >= 15 is 0 Å². The minimum Gasteiger partial charge on any atom is -0.293 e. The van der Waals surface area contributed by atoms with Gasteiger partial charge in [0.25, 0.3) is 0 Å². The Kier molecular flexibility index (Phi) is 1.25. The molecule has 11 heavy (non-hydrogen) atoms. The summed E-state index contributed by atoms with van der Waals surface area (Å²) in [4.78, 5) is 22.4. The molecule has 0 radical (unpaired) electrons. The van der Waals surface area contributed by atoms with Crippen molar-refractivity contribution in [1.29, 1.82) is 0 Å². The lowest BCUT2D eigenvalue weighted by atomic mass is 10.1. The Morgan fingerprint density at radius 1 is 1.45 bits per heavy atom. The zero-order valence-corrected chi connectivity index (χ0v) is 5.69. The largest absolute Gasteiger partial charge is 0.293 e. The summed E-state index contributed by atoms with van der Waals surface area (Å²) in [6.45, 7) is 0. The molecular weight excluding hydrogens is 142 g/mol. The van der Waals surface area contributed by atoms with Crippen LogP contribution in [0.1, 0.15) is 5.69 Å². The number of aliphatic imine (C=N–C) groups is 1. The van der Waals surface area contributed by atoms with Crippen LogP contribution in [0.3, 0.4) is 0 Å². The first kappa shape index (κ1) is 6.15. The van der Waals surface area contributed by atoms with Gasteiger partial charge in [-0.2, -0.15) is 0 Å². The van der Waals surface area contributed by atoms with Gasteiger partial charge in [0.05, 0.1) is 24.5 Å². The average molecular weight is 147 g/mol. The summed E-state index contributed by atoms with van der Waals surface area (Å²) < 4.78 is 0. The molecule has 0 saturated carbocycles. The van der Waals surface area contributed by atoms with Crippen LogP contribution in [0.4, 0.5) is 5.69 Å². The summed E-state index contributed by atoms with van der Waals surface area (Å²) in [5, 5.41) is 0. The standard InChI is InChI=1S/C7H5N3O/c11-5-1-6-7(9-2-5)3-8-4-10-6/h2-4H,1H2. The number of ketones is 1. The lowest BCUT2D eigenvalue weighted by molar-refractivity contribution is -0.112. The second-order valence-electron chi connectivity index (χ2n) is 2.26. The van der Waals surface area contributed by atoms with E-state index in [-0.39, 0.29) is 5.78 Å². The monoisotopic (exact) mass is 147 g/mol. The van der Waals surface area contributed by atoms with Crippen molar-refractivity contribution >= 4 is 17.7 Å². The van der Waals surface area contributed by atoms with Crippen molar-refractivity contribution in [1.82, 2.24) is 9.97 Å². The molecule has 1 aromatic heterocycles. The first-order valence-electron chi connectivity index (χ1n) is 3.22. The van der Waals surface area contributed by atoms with Crippen molar-refractivity contribution in [2.75, 3.05) is 0 Å². The Hall–Kier alpha value is -1.58. The lowest BCUT2D eigenvalue weighted by Crippen LogP contribution is -2.09. The quantitative estimate of drug-likeness (QED) is 0.530. The first-order chi connectivity index (χ1) is 5.36. The van der Waals surface area contributed by atoms with Gasteiger partial charge < -0.3 is 0 Å². The van der Waals surface area contributed by atoms with Crippen LogP contribution < -0.4 is 0 Å². The molecule has 0 aliphatic carbocycles. The highest BCUT2D eigenvalue weighted by molar-refractivity contribution is 6.29. The molecule has 0 saturated heterocycles. The van der Waals surface area contributed by atoms with E-state index in [0.29, 0.717) is 17.8 Å². The summed E-state index contributed by atoms with van der Waals surface area (Å²) in [7, 11) is 0. The van der Waals surface area contributed by atoms with Gasteiger partial charge in [-0.25, -0.2) is 15.0 Å². The van der Waals surface area contributed by atoms with Crippen molar-refractivity contribution in [3.05, 3.63) is 18.2 Å². The van der Waals surface area contributed by atoms with Crippen LogP contribution in [0.25, 0.3) is 0 Å². The topological polar surface area (TPSA) is 55.2 Å². The Bertz CT molecular complexity index is 332. The molecule has 0 spiro atoms. The second kappa shape index (κ2) is 2.23. The third-order valence-electron chi connectivity index (χ3n) is 1.46. The molecule has 4 heteroatoms. The zero-order chi connectivity index (χ0) is 7.68. The molecule has 1 aromatic rings. The summed E-state index contributed by atoms with van der Waals surface area (Å²) in [6.07, 6.45) is 4.69. The highest BCUT2D eigenvalue weighted by Gasteiger charge is 2.11. The molecule has 0 atom stereocenters. The van der Waals surface area contributed by atoms with E-state index in [2.05, 4.69) is 15.0 Å². The molecule has 0 N–H and O–H groups in total. The van der Waals surface area contributed by atoms with Crippen LogP contribution in [-0.2, 0) is 11.2 Å². The SMILES string of the molecule is O=C1C=Nc2cncnc2C1. The van der Waals surface area contributed by atoms with Crippen LogP contribution in [0.2, 0.25) is 0 Å². The molecule has 0 unspecified atom stereocenters. The van der Waals surface area contributed by atoms with Crippen molar-refractivity contribution in [3.8, 4) is 0 Å². The average Bonchev–Trinajstić information content (AvgIpc) is 2.04. The van der Waals surface area contributed by atoms with Crippen molar-refractivity contribution in [3.63, 3.8) is 0 Å². The number of hydrogen-bond donors (Lipinski definition) is 0. The smallest absolute Gasteiger partial charge is 0.179 e. The Balaban J connectivity index is 2.54. The maximum absolute atomic E-state index is 10.8. The number of fused-ring (bicyclic) bond motifs is 1. The van der Waals surface area contributed by atoms with Gasteiger partial charge in [0, 0.05) is 0 Å². The van der Waals surface area contributed by atoms with Crippen molar-refractivity contribution in [2.45, 2.75) is 6.42 Å². The van der Waals surface area contributed by atoms with Crippen LogP contribution in [0, 0.1) is 0 Å². The van der Waals surface area contributed by atoms with Crippen LogP contribution >= 0.6 is 0 Å². The van der Waals surface area contributed by atoms with E-state index in [1.807, 2.05) is 0 Å². The van der Waals surface area contributed by atoms with E-state index in [9.17, 15) is 4.79 Å². The molecular formula is C7H5N3O. The molecule has 54 valence electrons. The number of carbonyl (C=O) groups excluding carboxylic acids is 1. The van der Waals surface area contributed by atoms with E-state index in [0.717, 1.165) is 0 Å². The molecule has 2 rings (SSSR count). The van der Waals surface area contributed by atoms with Gasteiger partial charge >= 0.3 is 0 Å². The normalized spacial score (nSPS) is 14.7. The van der Waals surface area contributed by atoms with E-state index in [1.165, 1.54) is 12.5 Å². The molecule has 2 heterocycles. The second-order valence-corrected chi connectivity index (χ2v) is 2.26. The fourth-order valence-corrected chi connectivity index (χ4v) is 0.944. The third-order valence-corrected chi connectivity index (χ3v) is 1.46. The highest BCUT2D eigenvalue weighted by Crippen LogP contribution is 2.17. The molecule has 1 aliphatic rings. The molecule has 4 nitrogen and oxygen atoms in total. The van der Waals surface area contributed by atoms with Gasteiger partial charge in [-0.15, -0.1) is 0 Å². The molecule has 0 bridgehead atoms. The predicted molar refractivity (Wildman–Crippen MR) is 38.9 cm³/mol. The van der Waals surface area contributed by atoms with E-state index in [1.54, 1.807) is 6.20 Å². The predicted octanol–water partition coefficient (Wildman–Crippen LogP) is 0.304.